The summed E-state index contributed by atoms with van der Waals surface area (Å²) >= 11 is 0. The predicted octanol–water partition coefficient (Wildman–Crippen LogP) is 4.31. The summed E-state index contributed by atoms with van der Waals surface area (Å²) in [4.78, 5) is 24.3. The highest BCUT2D eigenvalue weighted by Gasteiger charge is 2.32. The van der Waals surface area contributed by atoms with Gasteiger partial charge in [0.15, 0.2) is 5.60 Å². The molecule has 0 spiro atoms. The number of ether oxygens (including phenoxy) is 3. The number of aryl methyl sites for hydroxylation is 2. The molecule has 0 heterocycles. The van der Waals surface area contributed by atoms with Crippen LogP contribution in [0.1, 0.15) is 43.0 Å². The zero-order valence-electron chi connectivity index (χ0n) is 17.2. The first kappa shape index (κ1) is 21.5. The number of hydrogen-bond acceptors (Lipinski definition) is 5. The fourth-order valence-electron chi connectivity index (χ4n) is 2.86. The lowest BCUT2D eigenvalue weighted by atomic mass is 10.0. The van der Waals surface area contributed by atoms with E-state index in [1.165, 1.54) is 0 Å². The van der Waals surface area contributed by atoms with Crippen LogP contribution < -0.4 is 4.74 Å². The Morgan fingerprint density at radius 2 is 1.54 bits per heavy atom. The summed E-state index contributed by atoms with van der Waals surface area (Å²) in [6.45, 7) is 9.46. The maximum atomic E-state index is 12.2. The van der Waals surface area contributed by atoms with Gasteiger partial charge in [0.1, 0.15) is 12.4 Å². The van der Waals surface area contributed by atoms with Gasteiger partial charge in [-0.3, -0.25) is 4.79 Å². The quantitative estimate of drug-likeness (QED) is 0.635. The second-order valence-corrected chi connectivity index (χ2v) is 7.21. The number of carbonyl (C=O) groups is 2. The maximum absolute atomic E-state index is 12.2. The van der Waals surface area contributed by atoms with Gasteiger partial charge in [-0.2, -0.15) is 0 Å². The van der Waals surface area contributed by atoms with Crippen molar-refractivity contribution in [2.45, 2.75) is 53.2 Å². The van der Waals surface area contributed by atoms with Crippen LogP contribution in [0.3, 0.4) is 0 Å². The van der Waals surface area contributed by atoms with Gasteiger partial charge in [0.05, 0.1) is 13.0 Å². The minimum Gasteiger partial charge on any atom is -0.476 e. The summed E-state index contributed by atoms with van der Waals surface area (Å²) in [5.74, 6) is -0.0787. The topological polar surface area (TPSA) is 61.8 Å². The van der Waals surface area contributed by atoms with Crippen molar-refractivity contribution in [3.63, 3.8) is 0 Å². The average molecular weight is 384 g/mol. The van der Waals surface area contributed by atoms with E-state index in [-0.39, 0.29) is 19.0 Å². The van der Waals surface area contributed by atoms with Gasteiger partial charge >= 0.3 is 11.9 Å². The summed E-state index contributed by atoms with van der Waals surface area (Å²) < 4.78 is 16.4. The number of esters is 2. The van der Waals surface area contributed by atoms with Gasteiger partial charge in [-0.15, -0.1) is 0 Å². The third-order valence-corrected chi connectivity index (χ3v) is 4.24. The van der Waals surface area contributed by atoms with Crippen molar-refractivity contribution in [1.82, 2.24) is 0 Å². The summed E-state index contributed by atoms with van der Waals surface area (Å²) in [6, 6.07) is 13.3. The zero-order valence-corrected chi connectivity index (χ0v) is 17.2. The summed E-state index contributed by atoms with van der Waals surface area (Å²) in [5, 5.41) is 0. The van der Waals surface area contributed by atoms with Gasteiger partial charge in [-0.25, -0.2) is 4.79 Å². The Kier molecular flexibility index (Phi) is 7.21. The molecule has 0 saturated carbocycles. The molecule has 2 rings (SSSR count). The van der Waals surface area contributed by atoms with Crippen molar-refractivity contribution in [1.29, 1.82) is 0 Å². The van der Waals surface area contributed by atoms with Gasteiger partial charge in [0.25, 0.3) is 0 Å². The molecular formula is C23H28O5. The maximum Gasteiger partial charge on any atom is 0.349 e. The van der Waals surface area contributed by atoms with E-state index in [9.17, 15) is 9.59 Å². The molecule has 2 aromatic carbocycles. The smallest absolute Gasteiger partial charge is 0.349 e. The number of carbonyl (C=O) groups excluding carboxylic acids is 2. The van der Waals surface area contributed by atoms with E-state index in [0.29, 0.717) is 12.4 Å². The van der Waals surface area contributed by atoms with E-state index >= 15 is 0 Å². The van der Waals surface area contributed by atoms with Crippen LogP contribution >= 0.6 is 0 Å². The van der Waals surface area contributed by atoms with Crippen LogP contribution in [0.5, 0.6) is 5.75 Å². The SMILES string of the molecule is CCOC(=O)C(C)(C)Oc1c(C)cc(CC(=O)OCc2ccccc2)cc1C. The third kappa shape index (κ3) is 5.84. The van der Waals surface area contributed by atoms with Crippen LogP contribution in [0.2, 0.25) is 0 Å². The second-order valence-electron chi connectivity index (χ2n) is 7.21. The van der Waals surface area contributed by atoms with Crippen molar-refractivity contribution >= 4 is 11.9 Å². The highest BCUT2D eigenvalue weighted by Crippen LogP contribution is 2.29. The molecule has 0 aromatic heterocycles. The lowest BCUT2D eigenvalue weighted by Gasteiger charge is -2.26. The Labute approximate surface area is 166 Å². The van der Waals surface area contributed by atoms with E-state index in [1.54, 1.807) is 20.8 Å². The molecule has 0 saturated heterocycles. The Morgan fingerprint density at radius 3 is 2.11 bits per heavy atom. The summed E-state index contributed by atoms with van der Waals surface area (Å²) in [7, 11) is 0. The molecule has 0 bridgehead atoms. The molecule has 0 aliphatic carbocycles. The molecule has 0 atom stereocenters. The van der Waals surface area contributed by atoms with Crippen LogP contribution in [-0.4, -0.2) is 24.1 Å². The fraction of sp³-hybridized carbons (Fsp3) is 0.391. The number of hydrogen-bond donors (Lipinski definition) is 0. The molecule has 0 unspecified atom stereocenters. The molecule has 0 aliphatic heterocycles. The van der Waals surface area contributed by atoms with E-state index in [2.05, 4.69) is 0 Å². The zero-order chi connectivity index (χ0) is 20.7. The van der Waals surface area contributed by atoms with E-state index in [4.69, 9.17) is 14.2 Å². The van der Waals surface area contributed by atoms with Crippen molar-refractivity contribution in [2.75, 3.05) is 6.61 Å². The largest absolute Gasteiger partial charge is 0.476 e. The van der Waals surface area contributed by atoms with Crippen molar-refractivity contribution < 1.29 is 23.8 Å². The molecule has 5 heteroatoms. The standard InChI is InChI=1S/C23H28O5/c1-6-26-22(25)23(4,5)28-21-16(2)12-19(13-17(21)3)14-20(24)27-15-18-10-8-7-9-11-18/h7-13H,6,14-15H2,1-5H3. The molecular weight excluding hydrogens is 356 g/mol. The number of rotatable bonds is 8. The molecule has 28 heavy (non-hydrogen) atoms. The fourth-order valence-corrected chi connectivity index (χ4v) is 2.86. The van der Waals surface area contributed by atoms with Crippen LogP contribution in [0.25, 0.3) is 0 Å². The molecule has 0 amide bonds. The minimum absolute atomic E-state index is 0.177. The van der Waals surface area contributed by atoms with E-state index in [1.807, 2.05) is 56.3 Å². The van der Waals surface area contributed by atoms with E-state index < -0.39 is 11.6 Å². The normalized spacial score (nSPS) is 11.0. The lowest BCUT2D eigenvalue weighted by Crippen LogP contribution is -2.40. The molecule has 0 fully saturated rings. The summed E-state index contributed by atoms with van der Waals surface area (Å²) in [6.07, 6.45) is 0.177. The summed E-state index contributed by atoms with van der Waals surface area (Å²) in [5.41, 5.74) is 2.40. The predicted molar refractivity (Wildman–Crippen MR) is 107 cm³/mol. The first-order valence-corrected chi connectivity index (χ1v) is 9.39. The Morgan fingerprint density at radius 1 is 0.929 bits per heavy atom. The van der Waals surface area contributed by atoms with Gasteiger partial charge in [-0.05, 0) is 56.9 Å². The highest BCUT2D eigenvalue weighted by molar-refractivity contribution is 5.79. The average Bonchev–Trinajstić information content (AvgIpc) is 2.64. The lowest BCUT2D eigenvalue weighted by molar-refractivity contribution is -0.158. The highest BCUT2D eigenvalue weighted by atomic mass is 16.6. The van der Waals surface area contributed by atoms with E-state index in [0.717, 1.165) is 22.3 Å². The van der Waals surface area contributed by atoms with Gasteiger partial charge in [0.2, 0.25) is 0 Å². The Balaban J connectivity index is 2.04. The first-order chi connectivity index (χ1) is 13.2. The molecule has 0 radical (unpaired) electrons. The van der Waals surface area contributed by atoms with Gasteiger partial charge in [-0.1, -0.05) is 42.5 Å². The first-order valence-electron chi connectivity index (χ1n) is 9.39. The van der Waals surface area contributed by atoms with Crippen LogP contribution in [0.15, 0.2) is 42.5 Å². The Bertz CT molecular complexity index is 801. The second kappa shape index (κ2) is 9.40. The van der Waals surface area contributed by atoms with Crippen molar-refractivity contribution in [2.24, 2.45) is 0 Å². The molecule has 0 aliphatic rings. The van der Waals surface area contributed by atoms with Crippen LogP contribution in [0.4, 0.5) is 0 Å². The Hall–Kier alpha value is -2.82. The van der Waals surface area contributed by atoms with Gasteiger partial charge < -0.3 is 14.2 Å². The molecule has 5 nitrogen and oxygen atoms in total. The molecule has 0 N–H and O–H groups in total. The van der Waals surface area contributed by atoms with Crippen LogP contribution in [0, 0.1) is 13.8 Å². The van der Waals surface area contributed by atoms with Crippen LogP contribution in [-0.2, 0) is 32.1 Å². The molecule has 2 aromatic rings. The van der Waals surface area contributed by atoms with Crippen molar-refractivity contribution in [3.05, 3.63) is 64.7 Å². The monoisotopic (exact) mass is 384 g/mol. The number of benzene rings is 2. The molecule has 150 valence electrons. The third-order valence-electron chi connectivity index (χ3n) is 4.24. The minimum atomic E-state index is -1.10. The van der Waals surface area contributed by atoms with Crippen molar-refractivity contribution in [3.8, 4) is 5.75 Å². The van der Waals surface area contributed by atoms with Gasteiger partial charge in [0, 0.05) is 0 Å².